The molecule has 160 valence electrons. The number of fused-ring (bicyclic) bond motifs is 1. The number of carbonyl (C=O) groups is 2. The van der Waals surface area contributed by atoms with Crippen molar-refractivity contribution in [3.8, 4) is 5.75 Å². The van der Waals surface area contributed by atoms with E-state index in [1.165, 1.54) is 0 Å². The summed E-state index contributed by atoms with van der Waals surface area (Å²) in [6.07, 6.45) is 0.00397. The van der Waals surface area contributed by atoms with Crippen LogP contribution in [-0.4, -0.2) is 44.7 Å². The van der Waals surface area contributed by atoms with Crippen LogP contribution in [0.5, 0.6) is 5.75 Å². The zero-order valence-corrected chi connectivity index (χ0v) is 18.1. The van der Waals surface area contributed by atoms with Gasteiger partial charge in [0, 0.05) is 5.54 Å². The number of nitrogens with one attached hydrogen (secondary N) is 2. The van der Waals surface area contributed by atoms with Crippen LogP contribution in [0.15, 0.2) is 48.5 Å². The summed E-state index contributed by atoms with van der Waals surface area (Å²) >= 11 is 0. The van der Waals surface area contributed by atoms with Crippen molar-refractivity contribution in [1.29, 1.82) is 0 Å². The minimum atomic E-state index is -3.61. The number of carbonyl (C=O) groups excluding carboxylic acids is 2. The molecule has 0 fully saturated rings. The summed E-state index contributed by atoms with van der Waals surface area (Å²) in [7, 11) is -3.61. The first-order valence-electron chi connectivity index (χ1n) is 9.41. The van der Waals surface area contributed by atoms with Crippen molar-refractivity contribution in [2.45, 2.75) is 32.4 Å². The van der Waals surface area contributed by atoms with Crippen molar-refractivity contribution >= 4 is 33.2 Å². The van der Waals surface area contributed by atoms with Crippen molar-refractivity contribution in [2.75, 3.05) is 22.4 Å². The third-order valence-corrected chi connectivity index (χ3v) is 5.49. The lowest BCUT2D eigenvalue weighted by atomic mass is 10.1. The average Bonchev–Trinajstić information content (AvgIpc) is 2.65. The molecule has 1 aliphatic heterocycles. The van der Waals surface area contributed by atoms with Gasteiger partial charge in [-0.2, -0.15) is 0 Å². The fourth-order valence-corrected chi connectivity index (χ4v) is 3.98. The minimum Gasteiger partial charge on any atom is -0.476 e. The highest BCUT2D eigenvalue weighted by Gasteiger charge is 2.35. The van der Waals surface area contributed by atoms with E-state index >= 15 is 0 Å². The van der Waals surface area contributed by atoms with Crippen molar-refractivity contribution in [2.24, 2.45) is 0 Å². The first-order chi connectivity index (χ1) is 14.0. The minimum absolute atomic E-state index is 0.169. The molecule has 0 bridgehead atoms. The summed E-state index contributed by atoms with van der Waals surface area (Å²) in [6.45, 7) is 5.41. The molecule has 30 heavy (non-hydrogen) atoms. The monoisotopic (exact) mass is 431 g/mol. The van der Waals surface area contributed by atoms with Crippen molar-refractivity contribution in [3.05, 3.63) is 54.1 Å². The van der Waals surface area contributed by atoms with Crippen LogP contribution in [0.25, 0.3) is 0 Å². The fraction of sp³-hybridized carbons (Fsp3) is 0.333. The molecule has 0 spiro atoms. The highest BCUT2D eigenvalue weighted by Crippen LogP contribution is 2.34. The number of sulfonamides is 1. The maximum atomic E-state index is 12.9. The smallest absolute Gasteiger partial charge is 0.267 e. The predicted octanol–water partition coefficient (Wildman–Crippen LogP) is 2.38. The van der Waals surface area contributed by atoms with Gasteiger partial charge in [0.05, 0.1) is 29.7 Å². The molecule has 0 aromatic heterocycles. The van der Waals surface area contributed by atoms with Crippen LogP contribution in [-0.2, 0) is 14.8 Å². The summed E-state index contributed by atoms with van der Waals surface area (Å²) in [4.78, 5) is 25.5. The molecule has 8 nitrogen and oxygen atoms in total. The molecule has 1 atom stereocenters. The number of amides is 2. The van der Waals surface area contributed by atoms with Gasteiger partial charge in [0.15, 0.2) is 6.10 Å². The molecule has 1 aliphatic rings. The number of benzene rings is 2. The third-order valence-electron chi connectivity index (χ3n) is 4.35. The molecule has 3 rings (SSSR count). The second-order valence-corrected chi connectivity index (χ2v) is 10.0. The molecule has 1 heterocycles. The Morgan fingerprint density at radius 2 is 1.70 bits per heavy atom. The van der Waals surface area contributed by atoms with Gasteiger partial charge in [-0.05, 0) is 45.0 Å². The van der Waals surface area contributed by atoms with E-state index in [-0.39, 0.29) is 12.5 Å². The van der Waals surface area contributed by atoms with Crippen LogP contribution in [0.1, 0.15) is 31.1 Å². The molecule has 0 radical (unpaired) electrons. The van der Waals surface area contributed by atoms with Gasteiger partial charge >= 0.3 is 0 Å². The first-order valence-corrected chi connectivity index (χ1v) is 11.3. The lowest BCUT2D eigenvalue weighted by Gasteiger charge is -2.34. The SMILES string of the molecule is CC(C)(C)NC(=O)c1ccccc1NC(=O)[C@H]1CN(S(C)(=O)=O)c2ccccc2O1. The fourth-order valence-electron chi connectivity index (χ4n) is 3.06. The van der Waals surface area contributed by atoms with E-state index in [4.69, 9.17) is 4.74 Å². The number of ether oxygens (including phenoxy) is 1. The molecule has 0 saturated heterocycles. The topological polar surface area (TPSA) is 105 Å². The van der Waals surface area contributed by atoms with Crippen molar-refractivity contribution < 1.29 is 22.7 Å². The second-order valence-electron chi connectivity index (χ2n) is 8.11. The summed E-state index contributed by atoms with van der Waals surface area (Å²) in [6, 6.07) is 13.2. The highest BCUT2D eigenvalue weighted by molar-refractivity contribution is 7.92. The standard InChI is InChI=1S/C21H25N3O5S/c1-21(2,3)23-19(25)14-9-5-6-10-15(14)22-20(26)18-13-24(30(4,27)28)16-11-7-8-12-17(16)29-18/h5-12,18H,13H2,1-4H3,(H,22,26)(H,23,25)/t18-/m1/s1. The van der Waals surface area contributed by atoms with Crippen LogP contribution in [0, 0.1) is 0 Å². The first kappa shape index (κ1) is 21.6. The zero-order valence-electron chi connectivity index (χ0n) is 17.3. The maximum Gasteiger partial charge on any atom is 0.267 e. The van der Waals surface area contributed by atoms with Gasteiger partial charge in [0.2, 0.25) is 10.0 Å². The lowest BCUT2D eigenvalue weighted by molar-refractivity contribution is -0.122. The largest absolute Gasteiger partial charge is 0.476 e. The summed E-state index contributed by atoms with van der Waals surface area (Å²) in [5.41, 5.74) is 0.559. The number of para-hydroxylation sites is 3. The Morgan fingerprint density at radius 3 is 2.37 bits per heavy atom. The predicted molar refractivity (Wildman–Crippen MR) is 115 cm³/mol. The summed E-state index contributed by atoms with van der Waals surface area (Å²) in [5.74, 6) is -0.576. The Morgan fingerprint density at radius 1 is 1.07 bits per heavy atom. The van der Waals surface area contributed by atoms with E-state index in [1.807, 2.05) is 20.8 Å². The van der Waals surface area contributed by atoms with E-state index in [1.54, 1.807) is 48.5 Å². The molecule has 2 aromatic rings. The Hall–Kier alpha value is -3.07. The molecular formula is C21H25N3O5S. The molecule has 0 unspecified atom stereocenters. The van der Waals surface area contributed by atoms with Gasteiger partial charge in [-0.1, -0.05) is 24.3 Å². The number of hydrogen-bond donors (Lipinski definition) is 2. The number of nitrogens with zero attached hydrogens (tertiary/aromatic N) is 1. The van der Waals surface area contributed by atoms with Gasteiger partial charge < -0.3 is 15.4 Å². The Bertz CT molecular complexity index is 1080. The van der Waals surface area contributed by atoms with Crippen molar-refractivity contribution in [1.82, 2.24) is 5.32 Å². The molecule has 2 amide bonds. The summed E-state index contributed by atoms with van der Waals surface area (Å²) in [5, 5.41) is 5.56. The zero-order chi connectivity index (χ0) is 22.1. The normalized spacial score (nSPS) is 16.3. The molecule has 2 aromatic carbocycles. The van der Waals surface area contributed by atoms with Gasteiger partial charge in [-0.25, -0.2) is 8.42 Å². The Balaban J connectivity index is 1.85. The van der Waals surface area contributed by atoms with Gasteiger partial charge in [0.25, 0.3) is 11.8 Å². The van der Waals surface area contributed by atoms with Crippen LogP contribution < -0.4 is 19.7 Å². The van der Waals surface area contributed by atoms with E-state index in [0.29, 0.717) is 22.7 Å². The molecule has 0 aliphatic carbocycles. The van der Waals surface area contributed by atoms with Crippen LogP contribution in [0.4, 0.5) is 11.4 Å². The molecular weight excluding hydrogens is 406 g/mol. The van der Waals surface area contributed by atoms with E-state index in [0.717, 1.165) is 10.6 Å². The number of rotatable bonds is 4. The van der Waals surface area contributed by atoms with Crippen LogP contribution >= 0.6 is 0 Å². The quantitative estimate of drug-likeness (QED) is 0.773. The van der Waals surface area contributed by atoms with Gasteiger partial charge in [0.1, 0.15) is 5.75 Å². The number of anilines is 2. The Kier molecular flexibility index (Phi) is 5.76. The molecule has 2 N–H and O–H groups in total. The van der Waals surface area contributed by atoms with Gasteiger partial charge in [-0.15, -0.1) is 0 Å². The van der Waals surface area contributed by atoms with Gasteiger partial charge in [-0.3, -0.25) is 13.9 Å². The van der Waals surface area contributed by atoms with Crippen molar-refractivity contribution in [3.63, 3.8) is 0 Å². The number of hydrogen-bond acceptors (Lipinski definition) is 5. The average molecular weight is 432 g/mol. The van der Waals surface area contributed by atoms with E-state index < -0.39 is 27.6 Å². The third kappa shape index (κ3) is 4.91. The Labute approximate surface area is 176 Å². The van der Waals surface area contributed by atoms with E-state index in [9.17, 15) is 18.0 Å². The molecule has 0 saturated carbocycles. The van der Waals surface area contributed by atoms with Crippen LogP contribution in [0.3, 0.4) is 0 Å². The highest BCUT2D eigenvalue weighted by atomic mass is 32.2. The maximum absolute atomic E-state index is 12.9. The molecule has 9 heteroatoms. The summed E-state index contributed by atoms with van der Waals surface area (Å²) < 4.78 is 31.4. The van der Waals surface area contributed by atoms with E-state index in [2.05, 4.69) is 10.6 Å². The second kappa shape index (κ2) is 7.98. The van der Waals surface area contributed by atoms with Crippen LogP contribution in [0.2, 0.25) is 0 Å². The lowest BCUT2D eigenvalue weighted by Crippen LogP contribution is -2.48.